The van der Waals surface area contributed by atoms with Gasteiger partial charge in [-0.15, -0.1) is 0 Å². The van der Waals surface area contributed by atoms with Gasteiger partial charge in [-0.25, -0.2) is 17.8 Å². The van der Waals surface area contributed by atoms with E-state index in [0.717, 1.165) is 10.7 Å². The highest BCUT2D eigenvalue weighted by Gasteiger charge is 2.33. The molecule has 0 fully saturated rings. The van der Waals surface area contributed by atoms with E-state index in [4.69, 9.17) is 11.6 Å². The van der Waals surface area contributed by atoms with E-state index in [1.807, 2.05) is 0 Å². The van der Waals surface area contributed by atoms with Gasteiger partial charge in [0.05, 0.1) is 10.6 Å². The van der Waals surface area contributed by atoms with E-state index in [2.05, 4.69) is 15.1 Å². The molecule has 2 N–H and O–H groups in total. The Bertz CT molecular complexity index is 1180. The zero-order chi connectivity index (χ0) is 22.6. The van der Waals surface area contributed by atoms with Crippen LogP contribution in [0.15, 0.2) is 65.7 Å². The van der Waals surface area contributed by atoms with E-state index in [1.54, 1.807) is 6.07 Å². The molecule has 0 spiro atoms. The Morgan fingerprint density at radius 3 is 2.39 bits per heavy atom. The summed E-state index contributed by atoms with van der Waals surface area (Å²) in [7, 11) is -3.77. The van der Waals surface area contributed by atoms with Crippen molar-refractivity contribution in [1.29, 1.82) is 0 Å². The predicted octanol–water partition coefficient (Wildman–Crippen LogP) is 3.25. The molecule has 0 saturated carbocycles. The molecule has 2 aromatic carbocycles. The maximum Gasteiger partial charge on any atom is 0.435 e. The van der Waals surface area contributed by atoms with Gasteiger partial charge in [-0.1, -0.05) is 17.7 Å². The van der Waals surface area contributed by atoms with Crippen molar-refractivity contribution in [2.24, 2.45) is 0 Å². The number of halogens is 4. The number of benzene rings is 2. The molecule has 0 aliphatic carbocycles. The van der Waals surface area contributed by atoms with Crippen LogP contribution in [0.2, 0.25) is 5.02 Å². The Balaban J connectivity index is 1.54. The van der Waals surface area contributed by atoms with Crippen molar-refractivity contribution in [1.82, 2.24) is 19.8 Å². The summed E-state index contributed by atoms with van der Waals surface area (Å²) in [5, 5.41) is 6.29. The number of carbonyl (C=O) groups excluding carboxylic acids is 1. The van der Waals surface area contributed by atoms with Crippen molar-refractivity contribution in [2.75, 3.05) is 13.1 Å². The number of aromatic nitrogens is 2. The van der Waals surface area contributed by atoms with Crippen LogP contribution >= 0.6 is 11.6 Å². The van der Waals surface area contributed by atoms with Crippen molar-refractivity contribution in [3.63, 3.8) is 0 Å². The van der Waals surface area contributed by atoms with E-state index < -0.39 is 27.8 Å². The molecule has 0 unspecified atom stereocenters. The minimum atomic E-state index is -4.54. The van der Waals surface area contributed by atoms with Gasteiger partial charge in [0, 0.05) is 29.9 Å². The molecule has 0 aliphatic rings. The lowest BCUT2D eigenvalue weighted by atomic mass is 10.2. The van der Waals surface area contributed by atoms with Gasteiger partial charge in [0.2, 0.25) is 10.0 Å². The number of sulfonamides is 1. The monoisotopic (exact) mass is 472 g/mol. The fourth-order valence-electron chi connectivity index (χ4n) is 2.57. The molecule has 12 heteroatoms. The van der Waals surface area contributed by atoms with E-state index in [1.165, 1.54) is 48.7 Å². The summed E-state index contributed by atoms with van der Waals surface area (Å²) < 4.78 is 65.7. The van der Waals surface area contributed by atoms with Crippen LogP contribution in [0.5, 0.6) is 0 Å². The quantitative estimate of drug-likeness (QED) is 0.516. The van der Waals surface area contributed by atoms with E-state index in [-0.39, 0.29) is 28.6 Å². The van der Waals surface area contributed by atoms with Gasteiger partial charge in [-0.2, -0.15) is 18.3 Å². The smallest absolute Gasteiger partial charge is 0.351 e. The number of nitrogens with zero attached hydrogens (tertiary/aromatic N) is 2. The molecule has 31 heavy (non-hydrogen) atoms. The van der Waals surface area contributed by atoms with Gasteiger partial charge in [0.15, 0.2) is 5.69 Å². The van der Waals surface area contributed by atoms with Crippen LogP contribution in [0.3, 0.4) is 0 Å². The van der Waals surface area contributed by atoms with Crippen LogP contribution in [-0.4, -0.2) is 37.2 Å². The highest BCUT2D eigenvalue weighted by molar-refractivity contribution is 7.89. The first kappa shape index (κ1) is 22.8. The second-order valence-corrected chi connectivity index (χ2v) is 8.50. The average molecular weight is 473 g/mol. The molecular formula is C19H16ClF3N4O3S. The Hall–Kier alpha value is -2.89. The van der Waals surface area contributed by atoms with Crippen LogP contribution in [0.25, 0.3) is 5.69 Å². The highest BCUT2D eigenvalue weighted by Crippen LogP contribution is 2.27. The molecule has 1 amide bonds. The van der Waals surface area contributed by atoms with Gasteiger partial charge in [-0.3, -0.25) is 4.79 Å². The summed E-state index contributed by atoms with van der Waals surface area (Å²) >= 11 is 5.79. The van der Waals surface area contributed by atoms with Gasteiger partial charge in [0.25, 0.3) is 5.91 Å². The lowest BCUT2D eigenvalue weighted by molar-refractivity contribution is -0.141. The summed E-state index contributed by atoms with van der Waals surface area (Å²) in [6, 6.07) is 12.4. The summed E-state index contributed by atoms with van der Waals surface area (Å²) in [5.74, 6) is -0.468. The molecule has 3 aromatic rings. The van der Waals surface area contributed by atoms with Crippen LogP contribution in [0.4, 0.5) is 13.2 Å². The minimum absolute atomic E-state index is 0.00853. The summed E-state index contributed by atoms with van der Waals surface area (Å²) in [5.41, 5.74) is -0.416. The van der Waals surface area contributed by atoms with Crippen molar-refractivity contribution < 1.29 is 26.4 Å². The number of alkyl halides is 3. The summed E-state index contributed by atoms with van der Waals surface area (Å²) in [6.07, 6.45) is -3.37. The normalized spacial score (nSPS) is 12.0. The van der Waals surface area contributed by atoms with Gasteiger partial charge in [0.1, 0.15) is 0 Å². The Morgan fingerprint density at radius 1 is 1.06 bits per heavy atom. The first-order chi connectivity index (χ1) is 14.6. The average Bonchev–Trinajstić information content (AvgIpc) is 3.22. The fourth-order valence-corrected chi connectivity index (χ4v) is 3.90. The molecule has 0 bridgehead atoms. The number of carbonyl (C=O) groups is 1. The molecule has 1 aromatic heterocycles. The SMILES string of the molecule is O=C(NCCNS(=O)(=O)c1cccc(Cl)c1)c1ccc(-n2ccc(C(F)(F)F)n2)cc1. The van der Waals surface area contributed by atoms with Gasteiger partial charge in [-0.05, 0) is 48.5 Å². The van der Waals surface area contributed by atoms with Crippen molar-refractivity contribution in [3.05, 3.63) is 77.1 Å². The van der Waals surface area contributed by atoms with Gasteiger partial charge >= 0.3 is 6.18 Å². The third kappa shape index (κ3) is 5.84. The second-order valence-electron chi connectivity index (χ2n) is 6.30. The maximum atomic E-state index is 12.6. The number of hydrogen-bond acceptors (Lipinski definition) is 4. The fraction of sp³-hybridized carbons (Fsp3) is 0.158. The lowest BCUT2D eigenvalue weighted by Gasteiger charge is -2.09. The second kappa shape index (κ2) is 9.08. The zero-order valence-electron chi connectivity index (χ0n) is 15.7. The molecule has 164 valence electrons. The Morgan fingerprint density at radius 2 is 1.77 bits per heavy atom. The standard InChI is InChI=1S/C19H16ClF3N4O3S/c20-14-2-1-3-16(12-14)31(29,30)25-10-9-24-18(28)13-4-6-15(7-5-13)27-11-8-17(26-27)19(21,22)23/h1-8,11-12,25H,9-10H2,(H,24,28). The van der Waals surface area contributed by atoms with E-state index >= 15 is 0 Å². The van der Waals surface area contributed by atoms with Crippen molar-refractivity contribution in [3.8, 4) is 5.69 Å². The lowest BCUT2D eigenvalue weighted by Crippen LogP contribution is -2.34. The van der Waals surface area contributed by atoms with E-state index in [9.17, 15) is 26.4 Å². The molecule has 0 saturated heterocycles. The number of rotatable bonds is 7. The molecule has 0 radical (unpaired) electrons. The molecule has 7 nitrogen and oxygen atoms in total. The predicted molar refractivity (Wildman–Crippen MR) is 108 cm³/mol. The van der Waals surface area contributed by atoms with Crippen molar-refractivity contribution >= 4 is 27.5 Å². The molecular weight excluding hydrogens is 457 g/mol. The van der Waals surface area contributed by atoms with Crippen LogP contribution in [0.1, 0.15) is 16.1 Å². The van der Waals surface area contributed by atoms with E-state index in [0.29, 0.717) is 5.69 Å². The Kier molecular flexibility index (Phi) is 6.68. The molecule has 3 rings (SSSR count). The summed E-state index contributed by atoms with van der Waals surface area (Å²) in [4.78, 5) is 12.2. The Labute approximate surface area is 180 Å². The number of hydrogen-bond donors (Lipinski definition) is 2. The van der Waals surface area contributed by atoms with Crippen LogP contribution in [-0.2, 0) is 16.2 Å². The van der Waals surface area contributed by atoms with Crippen molar-refractivity contribution in [2.45, 2.75) is 11.1 Å². The van der Waals surface area contributed by atoms with Crippen LogP contribution < -0.4 is 10.0 Å². The first-order valence-electron chi connectivity index (χ1n) is 8.83. The first-order valence-corrected chi connectivity index (χ1v) is 10.7. The molecule has 1 heterocycles. The minimum Gasteiger partial charge on any atom is -0.351 e. The number of amides is 1. The third-order valence-corrected chi connectivity index (χ3v) is 5.78. The largest absolute Gasteiger partial charge is 0.435 e. The summed E-state index contributed by atoms with van der Waals surface area (Å²) in [6.45, 7) is -0.0271. The number of nitrogens with one attached hydrogen (secondary N) is 2. The highest BCUT2D eigenvalue weighted by atomic mass is 35.5. The maximum absolute atomic E-state index is 12.6. The van der Waals surface area contributed by atoms with Gasteiger partial charge < -0.3 is 5.32 Å². The van der Waals surface area contributed by atoms with Crippen LogP contribution in [0, 0.1) is 0 Å². The zero-order valence-corrected chi connectivity index (χ0v) is 17.3. The topological polar surface area (TPSA) is 93.1 Å². The third-order valence-electron chi connectivity index (χ3n) is 4.08. The molecule has 0 atom stereocenters. The molecule has 0 aliphatic heterocycles.